The molecule has 0 unspecified atom stereocenters. The van der Waals surface area contributed by atoms with Gasteiger partial charge in [-0.25, -0.2) is 4.79 Å². The Morgan fingerprint density at radius 1 is 1.11 bits per heavy atom. The molecule has 1 fully saturated rings. The second-order valence-electron chi connectivity index (χ2n) is 4.33. The van der Waals surface area contributed by atoms with Crippen molar-refractivity contribution in [3.05, 3.63) is 30.3 Å². The molecule has 18 heavy (non-hydrogen) atoms. The maximum absolute atomic E-state index is 11.9. The van der Waals surface area contributed by atoms with Crippen LogP contribution in [0.15, 0.2) is 35.3 Å². The minimum atomic E-state index is -0.178. The lowest BCUT2D eigenvalue weighted by Gasteiger charge is -2.28. The van der Waals surface area contributed by atoms with Crippen LogP contribution >= 0.6 is 0 Å². The number of aliphatic imine (C=N–C) groups is 1. The van der Waals surface area contributed by atoms with Crippen LogP contribution < -0.4 is 4.90 Å². The molecule has 0 aromatic heterocycles. The second kappa shape index (κ2) is 4.78. The first-order chi connectivity index (χ1) is 8.84. The number of nitrogens with zero attached hydrogens (tertiary/aromatic N) is 3. The number of anilines is 1. The van der Waals surface area contributed by atoms with Gasteiger partial charge in [0.1, 0.15) is 5.84 Å². The quantitative estimate of drug-likeness (QED) is 0.750. The predicted octanol–water partition coefficient (Wildman–Crippen LogP) is 1.36. The van der Waals surface area contributed by atoms with Crippen molar-refractivity contribution in [1.82, 2.24) is 4.90 Å². The fourth-order valence-corrected chi connectivity index (χ4v) is 2.22. The molecule has 1 aromatic carbocycles. The van der Waals surface area contributed by atoms with Crippen LogP contribution in [0.2, 0.25) is 0 Å². The van der Waals surface area contributed by atoms with Gasteiger partial charge in [-0.05, 0) is 12.1 Å². The summed E-state index contributed by atoms with van der Waals surface area (Å²) in [5.41, 5.74) is 0.898. The van der Waals surface area contributed by atoms with E-state index in [0.717, 1.165) is 24.6 Å². The normalized spacial score (nSPS) is 20.2. The van der Waals surface area contributed by atoms with Crippen molar-refractivity contribution >= 4 is 17.6 Å². The fourth-order valence-electron chi connectivity index (χ4n) is 2.22. The minimum Gasteiger partial charge on any atom is -0.378 e. The third-order valence-corrected chi connectivity index (χ3v) is 3.20. The minimum absolute atomic E-state index is 0.178. The van der Waals surface area contributed by atoms with Gasteiger partial charge in [-0.3, -0.25) is 4.90 Å². The highest BCUT2D eigenvalue weighted by Crippen LogP contribution is 2.19. The van der Waals surface area contributed by atoms with Gasteiger partial charge in [0.2, 0.25) is 0 Å². The number of amides is 2. The number of benzene rings is 1. The summed E-state index contributed by atoms with van der Waals surface area (Å²) in [6.07, 6.45) is 0. The highest BCUT2D eigenvalue weighted by atomic mass is 16.5. The summed E-state index contributed by atoms with van der Waals surface area (Å²) in [5.74, 6) is 0.854. The van der Waals surface area contributed by atoms with Crippen LogP contribution in [0, 0.1) is 0 Å². The number of rotatable bonds is 1. The maximum atomic E-state index is 11.9. The number of hydrogen-bond acceptors (Lipinski definition) is 3. The van der Waals surface area contributed by atoms with Crippen LogP contribution in [0.25, 0.3) is 0 Å². The van der Waals surface area contributed by atoms with Crippen molar-refractivity contribution in [2.45, 2.75) is 0 Å². The Morgan fingerprint density at radius 2 is 1.83 bits per heavy atom. The van der Waals surface area contributed by atoms with Crippen LogP contribution in [-0.2, 0) is 4.74 Å². The molecule has 1 aromatic rings. The number of hydrogen-bond donors (Lipinski definition) is 0. The molecule has 0 aliphatic carbocycles. The molecule has 2 aliphatic heterocycles. The van der Waals surface area contributed by atoms with Gasteiger partial charge in [-0.1, -0.05) is 18.2 Å². The zero-order chi connectivity index (χ0) is 12.4. The van der Waals surface area contributed by atoms with Crippen LogP contribution in [0.5, 0.6) is 0 Å². The molecule has 5 heteroatoms. The van der Waals surface area contributed by atoms with E-state index in [-0.39, 0.29) is 6.03 Å². The molecule has 0 bridgehead atoms. The summed E-state index contributed by atoms with van der Waals surface area (Å²) in [4.78, 5) is 19.9. The van der Waals surface area contributed by atoms with Crippen LogP contribution in [-0.4, -0.2) is 49.6 Å². The molecule has 2 aliphatic rings. The molecular weight excluding hydrogens is 230 g/mol. The summed E-state index contributed by atoms with van der Waals surface area (Å²) in [5, 5.41) is 0. The van der Waals surface area contributed by atoms with Crippen molar-refractivity contribution in [3.8, 4) is 0 Å². The number of amidine groups is 1. The van der Waals surface area contributed by atoms with Crippen LogP contribution in [0.1, 0.15) is 0 Å². The van der Waals surface area contributed by atoms with Crippen molar-refractivity contribution in [2.75, 3.05) is 37.7 Å². The molecule has 0 radical (unpaired) electrons. The summed E-state index contributed by atoms with van der Waals surface area (Å²) in [6, 6.07) is 9.46. The maximum Gasteiger partial charge on any atom is 0.350 e. The predicted molar refractivity (Wildman–Crippen MR) is 69.0 cm³/mol. The second-order valence-corrected chi connectivity index (χ2v) is 4.33. The largest absolute Gasteiger partial charge is 0.378 e. The lowest BCUT2D eigenvalue weighted by molar-refractivity contribution is 0.0678. The Morgan fingerprint density at radius 3 is 2.56 bits per heavy atom. The van der Waals surface area contributed by atoms with Gasteiger partial charge in [0, 0.05) is 18.8 Å². The molecular formula is C13H15N3O2. The lowest BCUT2D eigenvalue weighted by atomic mass is 10.3. The number of urea groups is 1. The van der Waals surface area contributed by atoms with Crippen molar-refractivity contribution in [1.29, 1.82) is 0 Å². The summed E-state index contributed by atoms with van der Waals surface area (Å²) < 4.78 is 5.30. The lowest BCUT2D eigenvalue weighted by Crippen LogP contribution is -2.43. The van der Waals surface area contributed by atoms with Gasteiger partial charge < -0.3 is 9.64 Å². The topological polar surface area (TPSA) is 45.1 Å². The van der Waals surface area contributed by atoms with Crippen LogP contribution in [0.3, 0.4) is 0 Å². The third kappa shape index (κ3) is 2.09. The van der Waals surface area contributed by atoms with E-state index in [1.807, 2.05) is 30.3 Å². The van der Waals surface area contributed by atoms with E-state index < -0.39 is 0 Å². The van der Waals surface area contributed by atoms with Gasteiger partial charge in [0.05, 0.1) is 19.8 Å². The Kier molecular flexibility index (Phi) is 2.98. The number of para-hydroxylation sites is 1. The molecule has 0 N–H and O–H groups in total. The molecule has 2 heterocycles. The van der Waals surface area contributed by atoms with Gasteiger partial charge >= 0.3 is 6.03 Å². The zero-order valence-corrected chi connectivity index (χ0v) is 10.1. The SMILES string of the molecule is O=C1N=C(N2CCOCC2)CN1c1ccccc1. The molecule has 0 spiro atoms. The summed E-state index contributed by atoms with van der Waals surface area (Å²) >= 11 is 0. The monoisotopic (exact) mass is 245 g/mol. The van der Waals surface area contributed by atoms with E-state index in [1.165, 1.54) is 0 Å². The van der Waals surface area contributed by atoms with Gasteiger partial charge in [0.15, 0.2) is 0 Å². The first-order valence-electron chi connectivity index (χ1n) is 6.11. The summed E-state index contributed by atoms with van der Waals surface area (Å²) in [7, 11) is 0. The smallest absolute Gasteiger partial charge is 0.350 e. The third-order valence-electron chi connectivity index (χ3n) is 3.20. The molecule has 0 atom stereocenters. The van der Waals surface area contributed by atoms with Crippen molar-refractivity contribution in [2.24, 2.45) is 4.99 Å². The summed E-state index contributed by atoms with van der Waals surface area (Å²) in [6.45, 7) is 3.60. The molecule has 5 nitrogen and oxygen atoms in total. The Balaban J connectivity index is 1.74. The first kappa shape index (κ1) is 11.2. The first-order valence-corrected chi connectivity index (χ1v) is 6.11. The number of carbonyl (C=O) groups excluding carboxylic acids is 1. The van der Waals surface area contributed by atoms with E-state index in [1.54, 1.807) is 4.90 Å². The van der Waals surface area contributed by atoms with E-state index in [2.05, 4.69) is 9.89 Å². The van der Waals surface area contributed by atoms with Crippen molar-refractivity contribution in [3.63, 3.8) is 0 Å². The molecule has 0 saturated carbocycles. The van der Waals surface area contributed by atoms with Crippen molar-refractivity contribution < 1.29 is 9.53 Å². The van der Waals surface area contributed by atoms with E-state index in [0.29, 0.717) is 19.8 Å². The molecule has 3 rings (SSSR count). The zero-order valence-electron chi connectivity index (χ0n) is 10.1. The molecule has 1 saturated heterocycles. The van der Waals surface area contributed by atoms with Gasteiger partial charge in [-0.15, -0.1) is 0 Å². The molecule has 2 amide bonds. The fraction of sp³-hybridized carbons (Fsp3) is 0.385. The Labute approximate surface area is 106 Å². The van der Waals surface area contributed by atoms with E-state index in [4.69, 9.17) is 4.74 Å². The highest BCUT2D eigenvalue weighted by Gasteiger charge is 2.28. The standard InChI is InChI=1S/C13H15N3O2/c17-13-14-12(15-6-8-18-9-7-15)10-16(13)11-4-2-1-3-5-11/h1-5H,6-10H2. The Hall–Kier alpha value is -1.88. The molecule has 94 valence electrons. The average Bonchev–Trinajstić information content (AvgIpc) is 2.83. The van der Waals surface area contributed by atoms with E-state index in [9.17, 15) is 4.79 Å². The number of morpholine rings is 1. The van der Waals surface area contributed by atoms with Crippen LogP contribution in [0.4, 0.5) is 10.5 Å². The van der Waals surface area contributed by atoms with Gasteiger partial charge in [-0.2, -0.15) is 4.99 Å². The highest BCUT2D eigenvalue weighted by molar-refractivity contribution is 6.11. The van der Waals surface area contributed by atoms with Gasteiger partial charge in [0.25, 0.3) is 0 Å². The number of carbonyl (C=O) groups is 1. The Bertz CT molecular complexity index is 466. The number of ether oxygens (including phenoxy) is 1. The average molecular weight is 245 g/mol. The van der Waals surface area contributed by atoms with E-state index >= 15 is 0 Å².